The molecule has 3 N–H and O–H groups in total. The number of esters is 1. The standard InChI is InChI=1S/C19H20N2O4/c1-13(14-5-3-2-4-6-14)11-18(23)25-12-17(22)21-16-9-7-15(8-10-16)19(20)24/h2-10,13H,11-12H2,1H3,(H2,20,24)(H,21,22)/t13-/m0/s1. The fourth-order valence-corrected chi connectivity index (χ4v) is 2.27. The van der Waals surface area contributed by atoms with Gasteiger partial charge in [-0.1, -0.05) is 37.3 Å². The van der Waals surface area contributed by atoms with Crippen LogP contribution < -0.4 is 11.1 Å². The lowest BCUT2D eigenvalue weighted by atomic mass is 9.98. The van der Waals surface area contributed by atoms with E-state index in [2.05, 4.69) is 5.32 Å². The minimum atomic E-state index is -0.542. The van der Waals surface area contributed by atoms with Gasteiger partial charge in [-0.25, -0.2) is 0 Å². The van der Waals surface area contributed by atoms with Crippen molar-refractivity contribution in [2.75, 3.05) is 11.9 Å². The van der Waals surface area contributed by atoms with E-state index in [-0.39, 0.29) is 18.9 Å². The summed E-state index contributed by atoms with van der Waals surface area (Å²) in [6, 6.07) is 15.7. The van der Waals surface area contributed by atoms with Crippen LogP contribution in [0.3, 0.4) is 0 Å². The Bertz CT molecular complexity index is 742. The number of nitrogens with two attached hydrogens (primary N) is 1. The first-order valence-electron chi connectivity index (χ1n) is 7.86. The second-order valence-corrected chi connectivity index (χ2v) is 5.67. The van der Waals surface area contributed by atoms with Crippen LogP contribution in [0.1, 0.15) is 35.2 Å². The number of hydrogen-bond donors (Lipinski definition) is 2. The molecule has 0 saturated heterocycles. The third-order valence-electron chi connectivity index (χ3n) is 3.66. The van der Waals surface area contributed by atoms with E-state index in [1.807, 2.05) is 37.3 Å². The van der Waals surface area contributed by atoms with E-state index in [0.717, 1.165) is 5.56 Å². The summed E-state index contributed by atoms with van der Waals surface area (Å²) < 4.78 is 5.01. The van der Waals surface area contributed by atoms with Crippen molar-refractivity contribution in [3.05, 3.63) is 65.7 Å². The second-order valence-electron chi connectivity index (χ2n) is 5.67. The average molecular weight is 340 g/mol. The average Bonchev–Trinajstić information content (AvgIpc) is 2.61. The molecule has 0 fully saturated rings. The Morgan fingerprint density at radius 3 is 2.28 bits per heavy atom. The molecule has 130 valence electrons. The Kier molecular flexibility index (Phi) is 6.28. The molecule has 0 aromatic heterocycles. The van der Waals surface area contributed by atoms with Crippen LogP contribution in [0.5, 0.6) is 0 Å². The van der Waals surface area contributed by atoms with Gasteiger partial charge in [0.1, 0.15) is 0 Å². The molecule has 2 aromatic carbocycles. The first kappa shape index (κ1) is 18.2. The lowest BCUT2D eigenvalue weighted by Crippen LogP contribution is -2.21. The van der Waals surface area contributed by atoms with E-state index in [1.165, 1.54) is 12.1 Å². The number of carbonyl (C=O) groups is 3. The molecule has 0 radical (unpaired) electrons. The summed E-state index contributed by atoms with van der Waals surface area (Å²) in [5.41, 5.74) is 7.02. The van der Waals surface area contributed by atoms with E-state index in [9.17, 15) is 14.4 Å². The van der Waals surface area contributed by atoms with Gasteiger partial charge in [0, 0.05) is 11.3 Å². The van der Waals surface area contributed by atoms with E-state index >= 15 is 0 Å². The summed E-state index contributed by atoms with van der Waals surface area (Å²) >= 11 is 0. The van der Waals surface area contributed by atoms with Crippen LogP contribution in [0.25, 0.3) is 0 Å². The van der Waals surface area contributed by atoms with Crippen LogP contribution in [0, 0.1) is 0 Å². The van der Waals surface area contributed by atoms with Crippen molar-refractivity contribution in [1.82, 2.24) is 0 Å². The highest BCUT2D eigenvalue weighted by atomic mass is 16.5. The molecule has 2 rings (SSSR count). The zero-order valence-electron chi connectivity index (χ0n) is 13.9. The lowest BCUT2D eigenvalue weighted by molar-refractivity contribution is -0.147. The van der Waals surface area contributed by atoms with Crippen LogP contribution >= 0.6 is 0 Å². The SMILES string of the molecule is C[C@@H](CC(=O)OCC(=O)Nc1ccc(C(N)=O)cc1)c1ccccc1. The lowest BCUT2D eigenvalue weighted by Gasteiger charge is -2.11. The predicted octanol–water partition coefficient (Wildman–Crippen LogP) is 2.46. The minimum absolute atomic E-state index is 0.0121. The van der Waals surface area contributed by atoms with Gasteiger partial charge in [-0.2, -0.15) is 0 Å². The third kappa shape index (κ3) is 5.76. The monoisotopic (exact) mass is 340 g/mol. The van der Waals surface area contributed by atoms with Crippen molar-refractivity contribution >= 4 is 23.5 Å². The third-order valence-corrected chi connectivity index (χ3v) is 3.66. The van der Waals surface area contributed by atoms with Gasteiger partial charge >= 0.3 is 5.97 Å². The number of primary amides is 1. The maximum Gasteiger partial charge on any atom is 0.306 e. The van der Waals surface area contributed by atoms with Gasteiger partial charge in [0.05, 0.1) is 6.42 Å². The van der Waals surface area contributed by atoms with Gasteiger partial charge < -0.3 is 15.8 Å². The quantitative estimate of drug-likeness (QED) is 0.756. The highest BCUT2D eigenvalue weighted by Crippen LogP contribution is 2.18. The fraction of sp³-hybridized carbons (Fsp3) is 0.211. The molecule has 1 atom stereocenters. The molecular formula is C19H20N2O4. The first-order chi connectivity index (χ1) is 12.0. The predicted molar refractivity (Wildman–Crippen MR) is 94.0 cm³/mol. The summed E-state index contributed by atoms with van der Waals surface area (Å²) in [6.07, 6.45) is 0.199. The van der Waals surface area contributed by atoms with Crippen LogP contribution in [-0.4, -0.2) is 24.4 Å². The van der Waals surface area contributed by atoms with Crippen LogP contribution in [0.15, 0.2) is 54.6 Å². The van der Waals surface area contributed by atoms with E-state index in [4.69, 9.17) is 10.5 Å². The summed E-state index contributed by atoms with van der Waals surface area (Å²) in [5, 5.41) is 2.58. The molecule has 6 nitrogen and oxygen atoms in total. The van der Waals surface area contributed by atoms with Gasteiger partial charge in [0.25, 0.3) is 5.91 Å². The topological polar surface area (TPSA) is 98.5 Å². The highest BCUT2D eigenvalue weighted by Gasteiger charge is 2.14. The Morgan fingerprint density at radius 1 is 1.04 bits per heavy atom. The van der Waals surface area contributed by atoms with Gasteiger partial charge in [-0.3, -0.25) is 14.4 Å². The van der Waals surface area contributed by atoms with Crippen molar-refractivity contribution in [2.45, 2.75) is 19.3 Å². The number of carbonyl (C=O) groups excluding carboxylic acids is 3. The molecule has 25 heavy (non-hydrogen) atoms. The fourth-order valence-electron chi connectivity index (χ4n) is 2.27. The Hall–Kier alpha value is -3.15. The molecule has 0 aliphatic carbocycles. The molecule has 2 amide bonds. The van der Waals surface area contributed by atoms with E-state index in [0.29, 0.717) is 11.3 Å². The Balaban J connectivity index is 1.77. The van der Waals surface area contributed by atoms with Crippen molar-refractivity contribution in [3.63, 3.8) is 0 Å². The largest absolute Gasteiger partial charge is 0.456 e. The number of amides is 2. The van der Waals surface area contributed by atoms with Crippen molar-refractivity contribution in [2.24, 2.45) is 5.73 Å². The molecule has 6 heteroatoms. The molecule has 2 aromatic rings. The van der Waals surface area contributed by atoms with Crippen LogP contribution in [0.4, 0.5) is 5.69 Å². The normalized spacial score (nSPS) is 11.4. The maximum atomic E-state index is 11.8. The number of benzene rings is 2. The molecule has 0 unspecified atom stereocenters. The van der Waals surface area contributed by atoms with Gasteiger partial charge in [0.2, 0.25) is 5.91 Å². The molecular weight excluding hydrogens is 320 g/mol. The highest BCUT2D eigenvalue weighted by molar-refractivity contribution is 5.95. The minimum Gasteiger partial charge on any atom is -0.456 e. The van der Waals surface area contributed by atoms with E-state index in [1.54, 1.807) is 12.1 Å². The molecule has 0 heterocycles. The number of anilines is 1. The van der Waals surface area contributed by atoms with Crippen molar-refractivity contribution in [3.8, 4) is 0 Å². The van der Waals surface area contributed by atoms with Gasteiger partial charge in [0.15, 0.2) is 6.61 Å². The van der Waals surface area contributed by atoms with Crippen molar-refractivity contribution in [1.29, 1.82) is 0 Å². The summed E-state index contributed by atoms with van der Waals surface area (Å²) in [4.78, 5) is 34.6. The number of hydrogen-bond acceptors (Lipinski definition) is 4. The van der Waals surface area contributed by atoms with Crippen molar-refractivity contribution < 1.29 is 19.1 Å². The number of rotatable bonds is 7. The van der Waals surface area contributed by atoms with Gasteiger partial charge in [-0.05, 0) is 35.7 Å². The number of ether oxygens (including phenoxy) is 1. The molecule has 0 spiro atoms. The first-order valence-corrected chi connectivity index (χ1v) is 7.86. The summed E-state index contributed by atoms with van der Waals surface area (Å²) in [7, 11) is 0. The molecule has 0 bridgehead atoms. The summed E-state index contributed by atoms with van der Waals surface area (Å²) in [5.74, 6) is -1.42. The molecule has 0 saturated carbocycles. The molecule has 0 aliphatic heterocycles. The zero-order valence-corrected chi connectivity index (χ0v) is 13.9. The zero-order chi connectivity index (χ0) is 18.2. The Labute approximate surface area is 146 Å². The molecule has 0 aliphatic rings. The van der Waals surface area contributed by atoms with Crippen LogP contribution in [-0.2, 0) is 14.3 Å². The maximum absolute atomic E-state index is 11.8. The number of nitrogens with one attached hydrogen (secondary N) is 1. The summed E-state index contributed by atoms with van der Waals surface area (Å²) in [6.45, 7) is 1.56. The van der Waals surface area contributed by atoms with Gasteiger partial charge in [-0.15, -0.1) is 0 Å². The Morgan fingerprint density at radius 2 is 1.68 bits per heavy atom. The van der Waals surface area contributed by atoms with Crippen LogP contribution in [0.2, 0.25) is 0 Å². The second kappa shape index (κ2) is 8.63. The van der Waals surface area contributed by atoms with E-state index < -0.39 is 17.8 Å². The smallest absolute Gasteiger partial charge is 0.306 e.